The average molecular weight is 679 g/mol. The maximum atomic E-state index is 15.5. The fraction of sp³-hybridized carbons (Fsp3) is 0.400. The van der Waals surface area contributed by atoms with Crippen molar-refractivity contribution in [3.8, 4) is 6.07 Å². The number of carbonyl (C=O) groups excluding carboxylic acids is 2. The van der Waals surface area contributed by atoms with Crippen LogP contribution in [-0.2, 0) is 21.7 Å². The number of hydrogen-bond acceptors (Lipinski definition) is 6. The smallest absolute Gasteiger partial charge is 0.322 e. The molecule has 3 amide bonds. The zero-order chi connectivity index (χ0) is 33.9. The van der Waals surface area contributed by atoms with Gasteiger partial charge in [-0.25, -0.2) is 9.18 Å². The van der Waals surface area contributed by atoms with Crippen LogP contribution in [0.3, 0.4) is 0 Å². The zero-order valence-corrected chi connectivity index (χ0v) is 28.3. The van der Waals surface area contributed by atoms with Crippen molar-refractivity contribution in [3.05, 3.63) is 94.3 Å². The predicted molar refractivity (Wildman–Crippen MR) is 184 cm³/mol. The average Bonchev–Trinajstić information content (AvgIpc) is 3.79. The van der Waals surface area contributed by atoms with Gasteiger partial charge in [0.2, 0.25) is 5.91 Å². The van der Waals surface area contributed by atoms with Crippen molar-refractivity contribution >= 4 is 46.3 Å². The van der Waals surface area contributed by atoms with Crippen molar-refractivity contribution in [2.24, 2.45) is 11.7 Å². The van der Waals surface area contributed by atoms with E-state index in [9.17, 15) is 19.4 Å². The topological polar surface area (TPSA) is 146 Å². The first-order valence-corrected chi connectivity index (χ1v) is 17.2. The van der Waals surface area contributed by atoms with Crippen molar-refractivity contribution in [3.63, 3.8) is 0 Å². The Morgan fingerprint density at radius 2 is 1.79 bits per heavy atom. The van der Waals surface area contributed by atoms with Gasteiger partial charge in [0.25, 0.3) is 0 Å². The Balaban J connectivity index is 1.48. The van der Waals surface area contributed by atoms with E-state index in [1.54, 1.807) is 54.6 Å². The van der Waals surface area contributed by atoms with Crippen LogP contribution in [0, 0.1) is 23.1 Å². The summed E-state index contributed by atoms with van der Waals surface area (Å²) in [7, 11) is 0. The summed E-state index contributed by atoms with van der Waals surface area (Å²) < 4.78 is 32.0. The lowest BCUT2D eigenvalue weighted by molar-refractivity contribution is -0.119. The fourth-order valence-electron chi connectivity index (χ4n) is 5.79. The van der Waals surface area contributed by atoms with Crippen molar-refractivity contribution in [1.82, 2.24) is 9.62 Å². The van der Waals surface area contributed by atoms with Crippen LogP contribution in [0.1, 0.15) is 69.6 Å². The minimum absolute atomic E-state index is 0.0818. The molecule has 3 aromatic rings. The van der Waals surface area contributed by atoms with E-state index in [0.29, 0.717) is 39.7 Å². The van der Waals surface area contributed by atoms with Crippen LogP contribution < -0.4 is 21.1 Å². The van der Waals surface area contributed by atoms with Crippen LogP contribution in [-0.4, -0.2) is 44.8 Å². The highest BCUT2D eigenvalue weighted by Crippen LogP contribution is 2.43. The third kappa shape index (κ3) is 8.26. The predicted octanol–water partition coefficient (Wildman–Crippen LogP) is 6.41. The molecule has 2 fully saturated rings. The number of likely N-dealkylation sites (tertiary alicyclic amines) is 1. The number of nitrogens with one attached hydrogen (secondary N) is 3. The van der Waals surface area contributed by atoms with Crippen LogP contribution in [0.2, 0.25) is 5.02 Å². The summed E-state index contributed by atoms with van der Waals surface area (Å²) in [4.78, 5) is 28.2. The molecule has 248 valence electrons. The second kappa shape index (κ2) is 14.2. The molecule has 1 saturated heterocycles. The highest BCUT2D eigenvalue weighted by molar-refractivity contribution is 7.90. The van der Waals surface area contributed by atoms with Gasteiger partial charge in [0.05, 0.1) is 17.3 Å². The third-order valence-corrected chi connectivity index (χ3v) is 10.5. The lowest BCUT2D eigenvalue weighted by atomic mass is 9.79. The Morgan fingerprint density at radius 1 is 1.09 bits per heavy atom. The minimum Gasteiger partial charge on any atom is -0.598 e. The number of rotatable bonds is 10. The molecule has 9 nitrogen and oxygen atoms in total. The number of nitrogens with two attached hydrogens (primary N) is 1. The highest BCUT2D eigenvalue weighted by Gasteiger charge is 2.44. The quantitative estimate of drug-likeness (QED) is 0.182. The van der Waals surface area contributed by atoms with E-state index in [0.717, 1.165) is 19.3 Å². The van der Waals surface area contributed by atoms with Gasteiger partial charge < -0.3 is 25.8 Å². The summed E-state index contributed by atoms with van der Waals surface area (Å²) in [6, 6.07) is 18.4. The Bertz CT molecular complexity index is 1660. The number of halogens is 2. The van der Waals surface area contributed by atoms with E-state index in [4.69, 9.17) is 17.3 Å². The van der Waals surface area contributed by atoms with E-state index < -0.39 is 51.5 Å². The molecule has 1 aliphatic heterocycles. The minimum atomic E-state index is -1.55. The van der Waals surface area contributed by atoms with Gasteiger partial charge in [-0.05, 0) is 106 Å². The molecule has 3 aromatic carbocycles. The second-order valence-electron chi connectivity index (χ2n) is 13.3. The van der Waals surface area contributed by atoms with E-state index >= 15 is 4.39 Å². The maximum Gasteiger partial charge on any atom is 0.322 e. The zero-order valence-electron chi connectivity index (χ0n) is 26.7. The number of urea groups is 1. The first kappa shape index (κ1) is 34.7. The number of amides is 3. The van der Waals surface area contributed by atoms with Crippen LogP contribution in [0.15, 0.2) is 66.7 Å². The fourth-order valence-corrected chi connectivity index (χ4v) is 6.88. The summed E-state index contributed by atoms with van der Waals surface area (Å²) in [5.41, 5.74) is 7.27. The SMILES string of the molecule is CC(C)(C)[S@@+]([O-])NC(CCC1CC1)(c1cccc(C#N)c1)c1ccc(F)c(NC(=O)[C@H]2C[C@@H](N)CN2C(=O)Nc2ccc(Cl)cc2)c1. The summed E-state index contributed by atoms with van der Waals surface area (Å²) in [6.45, 7) is 5.74. The second-order valence-corrected chi connectivity index (χ2v) is 15.8. The number of anilines is 2. The number of benzene rings is 3. The third-order valence-electron chi connectivity index (χ3n) is 8.64. The number of hydrogen-bond donors (Lipinski definition) is 4. The molecular weight excluding hydrogens is 639 g/mol. The van der Waals surface area contributed by atoms with Gasteiger partial charge >= 0.3 is 6.03 Å². The molecule has 0 bridgehead atoms. The van der Waals surface area contributed by atoms with Crippen LogP contribution in [0.5, 0.6) is 0 Å². The lowest BCUT2D eigenvalue weighted by Gasteiger charge is -2.39. The molecule has 1 heterocycles. The normalized spacial score (nSPS) is 19.8. The molecule has 5 N–H and O–H groups in total. The Kier molecular flexibility index (Phi) is 10.5. The standard InChI is InChI=1S/C35H40ClFN6O3S/c1-34(2,3)47(46)42-35(16-15-22-7-8-22,24-6-4-5-23(17-24)20-38)25-9-14-29(37)30(18-25)41-32(44)31-19-27(39)21-43(31)33(45)40-28-12-10-26(36)11-13-28/h4-6,9-14,17-18,22,27,31,42H,7-8,15-16,19,21,39H2,1-3H3,(H,40,45)(H,41,44)/t27-,31-,35?,47-/m1/s1. The molecule has 1 unspecified atom stereocenters. The maximum absolute atomic E-state index is 15.5. The highest BCUT2D eigenvalue weighted by atomic mass is 35.5. The molecule has 5 rings (SSSR count). The molecule has 12 heteroatoms. The van der Waals surface area contributed by atoms with Crippen LogP contribution in [0.4, 0.5) is 20.6 Å². The Hall–Kier alpha value is -3.66. The van der Waals surface area contributed by atoms with E-state index in [1.165, 1.54) is 11.0 Å². The van der Waals surface area contributed by atoms with Crippen molar-refractivity contribution in [2.45, 2.75) is 75.2 Å². The molecule has 0 radical (unpaired) electrons. The monoisotopic (exact) mass is 678 g/mol. The van der Waals surface area contributed by atoms with Gasteiger partial charge in [-0.3, -0.25) is 4.79 Å². The summed E-state index contributed by atoms with van der Waals surface area (Å²) in [6.07, 6.45) is 3.75. The van der Waals surface area contributed by atoms with E-state index in [2.05, 4.69) is 21.4 Å². The van der Waals surface area contributed by atoms with Crippen molar-refractivity contribution in [1.29, 1.82) is 5.26 Å². The molecule has 0 spiro atoms. The molecule has 0 aromatic heterocycles. The van der Waals surface area contributed by atoms with Crippen LogP contribution >= 0.6 is 11.6 Å². The molecular formula is C35H40ClFN6O3S. The molecule has 1 aliphatic carbocycles. The summed E-state index contributed by atoms with van der Waals surface area (Å²) in [5, 5.41) is 15.7. The van der Waals surface area contributed by atoms with Gasteiger partial charge in [0.1, 0.15) is 22.1 Å². The summed E-state index contributed by atoms with van der Waals surface area (Å²) in [5.74, 6) is -0.725. The molecule has 1 saturated carbocycles. The summed E-state index contributed by atoms with van der Waals surface area (Å²) >= 11 is 4.41. The van der Waals surface area contributed by atoms with E-state index in [-0.39, 0.29) is 18.7 Å². The van der Waals surface area contributed by atoms with Crippen molar-refractivity contribution in [2.75, 3.05) is 17.2 Å². The van der Waals surface area contributed by atoms with Crippen molar-refractivity contribution < 1.29 is 18.5 Å². The first-order chi connectivity index (χ1) is 22.3. The first-order valence-electron chi connectivity index (χ1n) is 15.7. The Morgan fingerprint density at radius 3 is 2.45 bits per heavy atom. The number of nitriles is 1. The number of nitrogens with zero attached hydrogens (tertiary/aromatic N) is 2. The van der Waals surface area contributed by atoms with Gasteiger partial charge in [-0.15, -0.1) is 4.72 Å². The van der Waals surface area contributed by atoms with E-state index in [1.807, 2.05) is 26.8 Å². The van der Waals surface area contributed by atoms with Gasteiger partial charge in [-0.1, -0.05) is 42.6 Å². The molecule has 47 heavy (non-hydrogen) atoms. The lowest BCUT2D eigenvalue weighted by Crippen LogP contribution is -2.52. The van der Waals surface area contributed by atoms with Gasteiger partial charge in [-0.2, -0.15) is 5.26 Å². The van der Waals surface area contributed by atoms with Crippen LogP contribution in [0.25, 0.3) is 0 Å². The molecule has 4 atom stereocenters. The van der Waals surface area contributed by atoms with Gasteiger partial charge in [0, 0.05) is 34.7 Å². The van der Waals surface area contributed by atoms with Gasteiger partial charge in [0.15, 0.2) is 0 Å². The number of carbonyl (C=O) groups is 2. The largest absolute Gasteiger partial charge is 0.598 e. The molecule has 2 aliphatic rings. The Labute approximate surface area is 283 Å².